The van der Waals surface area contributed by atoms with Gasteiger partial charge in [-0.1, -0.05) is 6.42 Å². The van der Waals surface area contributed by atoms with E-state index < -0.39 is 41.6 Å². The van der Waals surface area contributed by atoms with E-state index >= 15 is 0 Å². The highest BCUT2D eigenvalue weighted by Crippen LogP contribution is 2.48. The number of ether oxygens (including phenoxy) is 3. The Bertz CT molecular complexity index is 735. The lowest BCUT2D eigenvalue weighted by molar-refractivity contribution is -0.233. The normalized spacial score (nSPS) is 34.6. The van der Waals surface area contributed by atoms with Crippen molar-refractivity contribution in [2.45, 2.75) is 69.4 Å². The number of aromatic nitrogens is 2. The lowest BCUT2D eigenvalue weighted by Crippen LogP contribution is -2.39. The number of hydrogen-bond donors (Lipinski definition) is 2. The fourth-order valence-electron chi connectivity index (χ4n) is 3.97. The molecule has 132 valence electrons. The molecule has 2 saturated heterocycles. The number of H-pyrrole nitrogens is 1. The van der Waals surface area contributed by atoms with Crippen molar-refractivity contribution in [2.24, 2.45) is 0 Å². The smallest absolute Gasteiger partial charge is 0.330 e. The Kier molecular flexibility index (Phi) is 3.87. The first-order valence-electron chi connectivity index (χ1n) is 8.47. The second-order valence-electron chi connectivity index (χ2n) is 6.86. The van der Waals surface area contributed by atoms with Crippen molar-refractivity contribution in [1.29, 1.82) is 0 Å². The van der Waals surface area contributed by atoms with Gasteiger partial charge in [-0.3, -0.25) is 14.3 Å². The third-order valence-electron chi connectivity index (χ3n) is 5.20. The van der Waals surface area contributed by atoms with Crippen LogP contribution in [0.25, 0.3) is 0 Å². The second kappa shape index (κ2) is 5.80. The third-order valence-corrected chi connectivity index (χ3v) is 5.20. The van der Waals surface area contributed by atoms with Crippen LogP contribution in [0.1, 0.15) is 43.9 Å². The van der Waals surface area contributed by atoms with E-state index in [9.17, 15) is 14.7 Å². The van der Waals surface area contributed by atoms with E-state index in [0.717, 1.165) is 32.1 Å². The third kappa shape index (κ3) is 2.45. The summed E-state index contributed by atoms with van der Waals surface area (Å²) in [5, 5.41) is 9.63. The van der Waals surface area contributed by atoms with Gasteiger partial charge in [-0.05, 0) is 19.8 Å². The zero-order valence-corrected chi connectivity index (χ0v) is 13.6. The van der Waals surface area contributed by atoms with Gasteiger partial charge in [0.1, 0.15) is 18.3 Å². The Balaban J connectivity index is 1.69. The molecule has 1 aromatic rings. The Labute approximate surface area is 138 Å². The molecule has 2 N–H and O–H groups in total. The first-order chi connectivity index (χ1) is 11.5. The van der Waals surface area contributed by atoms with Crippen molar-refractivity contribution >= 4 is 0 Å². The molecule has 4 rings (SSSR count). The SMILES string of the molecule is Cc1cn([C@@H]2O[C@H](CO)[C@H]3OC4(CCCCC4)O[C@H]32)c(=O)[nH]c1=O. The largest absolute Gasteiger partial charge is 0.394 e. The maximum atomic E-state index is 12.2. The number of aliphatic hydroxyl groups is 1. The number of aryl methyl sites for hydroxylation is 1. The van der Waals surface area contributed by atoms with Crippen molar-refractivity contribution in [3.63, 3.8) is 0 Å². The van der Waals surface area contributed by atoms with Crippen LogP contribution >= 0.6 is 0 Å². The zero-order valence-electron chi connectivity index (χ0n) is 13.6. The molecule has 3 aliphatic rings. The number of aromatic amines is 1. The lowest BCUT2D eigenvalue weighted by Gasteiger charge is -2.34. The van der Waals surface area contributed by atoms with E-state index in [2.05, 4.69) is 4.98 Å². The number of fused-ring (bicyclic) bond motifs is 1. The highest BCUT2D eigenvalue weighted by Gasteiger charge is 2.58. The number of nitrogens with zero attached hydrogens (tertiary/aromatic N) is 1. The Hall–Kier alpha value is -1.48. The van der Waals surface area contributed by atoms with Gasteiger partial charge in [-0.25, -0.2) is 4.79 Å². The molecular formula is C16H22N2O6. The van der Waals surface area contributed by atoms with E-state index in [1.54, 1.807) is 6.92 Å². The van der Waals surface area contributed by atoms with Gasteiger partial charge < -0.3 is 19.3 Å². The first-order valence-corrected chi connectivity index (χ1v) is 8.47. The van der Waals surface area contributed by atoms with E-state index in [0.29, 0.717) is 5.56 Å². The minimum absolute atomic E-state index is 0.214. The van der Waals surface area contributed by atoms with Crippen molar-refractivity contribution in [3.05, 3.63) is 32.6 Å². The monoisotopic (exact) mass is 338 g/mol. The summed E-state index contributed by atoms with van der Waals surface area (Å²) in [6.45, 7) is 1.41. The van der Waals surface area contributed by atoms with Gasteiger partial charge in [0.25, 0.3) is 5.56 Å². The summed E-state index contributed by atoms with van der Waals surface area (Å²) in [4.78, 5) is 26.1. The summed E-state index contributed by atoms with van der Waals surface area (Å²) >= 11 is 0. The summed E-state index contributed by atoms with van der Waals surface area (Å²) in [6.07, 6.45) is 4.13. The lowest BCUT2D eigenvalue weighted by atomic mass is 9.94. The molecule has 0 aromatic carbocycles. The Morgan fingerprint density at radius 1 is 1.25 bits per heavy atom. The molecular weight excluding hydrogens is 316 g/mol. The summed E-state index contributed by atoms with van der Waals surface area (Å²) < 4.78 is 19.5. The highest BCUT2D eigenvalue weighted by molar-refractivity contribution is 5.05. The standard InChI is InChI=1S/C16H22N2O6/c1-9-7-18(15(21)17-13(9)20)14-12-11(10(8-19)22-14)23-16(24-12)5-3-2-4-6-16/h7,10-12,14,19H,2-6,8H2,1H3,(H,17,20,21)/t10-,11-,12-,14-/m1/s1. The maximum absolute atomic E-state index is 12.2. The average molecular weight is 338 g/mol. The minimum atomic E-state index is -0.725. The first kappa shape index (κ1) is 16.0. The average Bonchev–Trinajstić information content (AvgIpc) is 3.07. The molecule has 1 spiro atoms. The minimum Gasteiger partial charge on any atom is -0.394 e. The molecule has 0 unspecified atom stereocenters. The molecule has 0 radical (unpaired) electrons. The summed E-state index contributed by atoms with van der Waals surface area (Å²) in [5.74, 6) is -0.635. The fraction of sp³-hybridized carbons (Fsp3) is 0.750. The van der Waals surface area contributed by atoms with Gasteiger partial charge >= 0.3 is 5.69 Å². The van der Waals surface area contributed by atoms with Crippen LogP contribution in [0.15, 0.2) is 15.8 Å². The van der Waals surface area contributed by atoms with Crippen molar-refractivity contribution in [2.75, 3.05) is 6.61 Å². The molecule has 3 heterocycles. The zero-order chi connectivity index (χ0) is 16.9. The van der Waals surface area contributed by atoms with Crippen LogP contribution in [0.5, 0.6) is 0 Å². The van der Waals surface area contributed by atoms with Crippen LogP contribution in [-0.4, -0.2) is 45.4 Å². The molecule has 1 aromatic heterocycles. The molecule has 0 amide bonds. The molecule has 3 fully saturated rings. The summed E-state index contributed by atoms with van der Waals surface area (Å²) in [5.41, 5.74) is -0.563. The van der Waals surface area contributed by atoms with E-state index in [-0.39, 0.29) is 6.61 Å². The molecule has 8 nitrogen and oxygen atoms in total. The fourth-order valence-corrected chi connectivity index (χ4v) is 3.97. The second-order valence-corrected chi connectivity index (χ2v) is 6.86. The Morgan fingerprint density at radius 3 is 2.67 bits per heavy atom. The quantitative estimate of drug-likeness (QED) is 0.797. The van der Waals surface area contributed by atoms with E-state index in [1.165, 1.54) is 10.8 Å². The topological polar surface area (TPSA) is 103 Å². The molecule has 1 saturated carbocycles. The van der Waals surface area contributed by atoms with Crippen molar-refractivity contribution in [1.82, 2.24) is 9.55 Å². The predicted octanol–water partition coefficient (Wildman–Crippen LogP) is 0.179. The van der Waals surface area contributed by atoms with Crippen LogP contribution in [0.4, 0.5) is 0 Å². The van der Waals surface area contributed by atoms with Crippen LogP contribution in [-0.2, 0) is 14.2 Å². The van der Waals surface area contributed by atoms with Gasteiger partial charge in [0.15, 0.2) is 12.0 Å². The molecule has 24 heavy (non-hydrogen) atoms. The van der Waals surface area contributed by atoms with Gasteiger partial charge in [0.2, 0.25) is 0 Å². The van der Waals surface area contributed by atoms with Crippen molar-refractivity contribution < 1.29 is 19.3 Å². The van der Waals surface area contributed by atoms with Gasteiger partial charge in [-0.2, -0.15) is 0 Å². The Morgan fingerprint density at radius 2 is 1.96 bits per heavy atom. The van der Waals surface area contributed by atoms with Gasteiger partial charge in [0.05, 0.1) is 6.61 Å². The van der Waals surface area contributed by atoms with Crippen LogP contribution in [0.3, 0.4) is 0 Å². The molecule has 0 bridgehead atoms. The van der Waals surface area contributed by atoms with E-state index in [1.807, 2.05) is 0 Å². The summed E-state index contributed by atoms with van der Waals surface area (Å²) in [6, 6.07) is 0. The number of rotatable bonds is 2. The van der Waals surface area contributed by atoms with Crippen molar-refractivity contribution in [3.8, 4) is 0 Å². The van der Waals surface area contributed by atoms with E-state index in [4.69, 9.17) is 14.2 Å². The molecule has 4 atom stereocenters. The number of nitrogens with one attached hydrogen (secondary N) is 1. The summed E-state index contributed by atoms with van der Waals surface area (Å²) in [7, 11) is 0. The number of hydrogen-bond acceptors (Lipinski definition) is 6. The van der Waals surface area contributed by atoms with Crippen LogP contribution in [0, 0.1) is 6.92 Å². The molecule has 2 aliphatic heterocycles. The van der Waals surface area contributed by atoms with Gasteiger partial charge in [-0.15, -0.1) is 0 Å². The van der Waals surface area contributed by atoms with Gasteiger partial charge in [0, 0.05) is 24.6 Å². The maximum Gasteiger partial charge on any atom is 0.330 e. The van der Waals surface area contributed by atoms with Crippen LogP contribution in [0.2, 0.25) is 0 Å². The predicted molar refractivity (Wildman–Crippen MR) is 82.6 cm³/mol. The molecule has 1 aliphatic carbocycles. The highest BCUT2D eigenvalue weighted by atomic mass is 16.8. The van der Waals surface area contributed by atoms with Crippen LogP contribution < -0.4 is 11.2 Å². The number of aliphatic hydroxyl groups excluding tert-OH is 1. The molecule has 8 heteroatoms.